The van der Waals surface area contributed by atoms with Gasteiger partial charge in [-0.1, -0.05) is 12.1 Å². The highest BCUT2D eigenvalue weighted by atomic mass is 19.1. The van der Waals surface area contributed by atoms with Crippen molar-refractivity contribution in [3.63, 3.8) is 0 Å². The average molecular weight is 449 g/mol. The number of benzene rings is 1. The number of aryl methyl sites for hydroxylation is 2. The molecule has 1 aliphatic heterocycles. The second-order valence-electron chi connectivity index (χ2n) is 8.09. The molecular formula is C24H25FN6O2. The van der Waals surface area contributed by atoms with Crippen LogP contribution in [0.1, 0.15) is 68.9 Å². The average Bonchev–Trinajstić information content (AvgIpc) is 2.83. The molecule has 1 N–H and O–H groups in total. The van der Waals surface area contributed by atoms with Crippen molar-refractivity contribution < 1.29 is 14.0 Å². The number of hydrogen-bond acceptors (Lipinski definition) is 6. The Morgan fingerprint density at radius 3 is 2.55 bits per heavy atom. The zero-order valence-electron chi connectivity index (χ0n) is 18.6. The van der Waals surface area contributed by atoms with Crippen LogP contribution in [0.5, 0.6) is 0 Å². The van der Waals surface area contributed by atoms with Crippen molar-refractivity contribution in [2.24, 2.45) is 0 Å². The summed E-state index contributed by atoms with van der Waals surface area (Å²) in [5.41, 5.74) is 2.72. The first-order valence-electron chi connectivity index (χ1n) is 10.9. The van der Waals surface area contributed by atoms with Crippen LogP contribution in [0.25, 0.3) is 0 Å². The van der Waals surface area contributed by atoms with Gasteiger partial charge in [0.15, 0.2) is 5.82 Å². The summed E-state index contributed by atoms with van der Waals surface area (Å²) in [6, 6.07) is 5.66. The summed E-state index contributed by atoms with van der Waals surface area (Å²) in [4.78, 5) is 44.9. The van der Waals surface area contributed by atoms with Crippen LogP contribution in [0.4, 0.5) is 4.39 Å². The number of piperidine rings is 1. The molecule has 170 valence electrons. The maximum Gasteiger partial charge on any atom is 0.274 e. The van der Waals surface area contributed by atoms with Crippen molar-refractivity contribution in [1.29, 1.82) is 0 Å². The Kier molecular flexibility index (Phi) is 6.67. The van der Waals surface area contributed by atoms with Crippen molar-refractivity contribution in [2.75, 3.05) is 6.54 Å². The summed E-state index contributed by atoms with van der Waals surface area (Å²) >= 11 is 0. The third kappa shape index (κ3) is 5.19. The van der Waals surface area contributed by atoms with Crippen LogP contribution >= 0.6 is 0 Å². The van der Waals surface area contributed by atoms with E-state index in [0.29, 0.717) is 29.3 Å². The minimum atomic E-state index is -0.324. The van der Waals surface area contributed by atoms with Crippen LogP contribution in [0, 0.1) is 19.7 Å². The first-order chi connectivity index (χ1) is 15.9. The van der Waals surface area contributed by atoms with E-state index in [0.717, 1.165) is 30.5 Å². The number of rotatable bonds is 5. The van der Waals surface area contributed by atoms with Crippen LogP contribution in [0.2, 0.25) is 0 Å². The lowest BCUT2D eigenvalue weighted by molar-refractivity contribution is 0.0592. The van der Waals surface area contributed by atoms with Crippen LogP contribution in [0.15, 0.2) is 42.9 Å². The van der Waals surface area contributed by atoms with Gasteiger partial charge in [0.05, 0.1) is 29.2 Å². The quantitative estimate of drug-likeness (QED) is 0.643. The molecule has 2 aromatic heterocycles. The largest absolute Gasteiger partial charge is 0.348 e. The molecule has 1 aromatic carbocycles. The van der Waals surface area contributed by atoms with E-state index in [9.17, 15) is 14.0 Å². The minimum absolute atomic E-state index is 0.199. The Morgan fingerprint density at radius 1 is 1.06 bits per heavy atom. The van der Waals surface area contributed by atoms with Gasteiger partial charge in [-0.05, 0) is 50.8 Å². The standard InChI is InChI=1S/C24H25FN6O2/c1-15-11-27-20(14-26-15)24(33)31-10-4-3-5-21(31)22-28-13-19(16(2)30-22)23(32)29-12-17-6-8-18(25)9-7-17/h6-9,11,13-14,21H,3-5,10,12H2,1-2H3,(H,29,32)/t21-/m1/s1. The number of halogens is 1. The van der Waals surface area contributed by atoms with Gasteiger partial charge < -0.3 is 10.2 Å². The fourth-order valence-corrected chi connectivity index (χ4v) is 3.84. The number of nitrogens with zero attached hydrogens (tertiary/aromatic N) is 5. The van der Waals surface area contributed by atoms with Gasteiger partial charge in [0.1, 0.15) is 11.5 Å². The van der Waals surface area contributed by atoms with Gasteiger partial charge in [0.25, 0.3) is 11.8 Å². The van der Waals surface area contributed by atoms with Crippen molar-refractivity contribution in [3.05, 3.63) is 82.7 Å². The number of hydrogen-bond donors (Lipinski definition) is 1. The van der Waals surface area contributed by atoms with E-state index in [4.69, 9.17) is 0 Å². The molecule has 2 amide bonds. The van der Waals surface area contributed by atoms with Crippen molar-refractivity contribution in [2.45, 2.75) is 45.7 Å². The highest BCUT2D eigenvalue weighted by Gasteiger charge is 2.32. The first kappa shape index (κ1) is 22.4. The second-order valence-corrected chi connectivity index (χ2v) is 8.09. The van der Waals surface area contributed by atoms with E-state index >= 15 is 0 Å². The fraction of sp³-hybridized carbons (Fsp3) is 0.333. The Hall–Kier alpha value is -3.75. The Morgan fingerprint density at radius 2 is 1.85 bits per heavy atom. The molecule has 9 heteroatoms. The first-order valence-corrected chi connectivity index (χ1v) is 10.9. The van der Waals surface area contributed by atoms with Gasteiger partial charge in [-0.3, -0.25) is 14.6 Å². The molecule has 1 aliphatic rings. The molecule has 0 aliphatic carbocycles. The summed E-state index contributed by atoms with van der Waals surface area (Å²) in [5, 5.41) is 2.81. The molecule has 0 unspecified atom stereocenters. The third-order valence-corrected chi connectivity index (χ3v) is 5.67. The van der Waals surface area contributed by atoms with Crippen molar-refractivity contribution >= 4 is 11.8 Å². The van der Waals surface area contributed by atoms with E-state index in [2.05, 4.69) is 25.3 Å². The molecule has 3 aromatic rings. The lowest BCUT2D eigenvalue weighted by Crippen LogP contribution is -2.40. The van der Waals surface area contributed by atoms with Gasteiger partial charge >= 0.3 is 0 Å². The zero-order valence-corrected chi connectivity index (χ0v) is 18.6. The second kappa shape index (κ2) is 9.81. The molecular weight excluding hydrogens is 423 g/mol. The number of nitrogens with one attached hydrogen (secondary N) is 1. The van der Waals surface area contributed by atoms with Gasteiger partial charge in [-0.25, -0.2) is 19.3 Å². The molecule has 33 heavy (non-hydrogen) atoms. The highest BCUT2D eigenvalue weighted by Crippen LogP contribution is 2.30. The summed E-state index contributed by atoms with van der Waals surface area (Å²) in [7, 11) is 0. The van der Waals surface area contributed by atoms with Crippen LogP contribution in [-0.4, -0.2) is 43.2 Å². The van der Waals surface area contributed by atoms with Crippen molar-refractivity contribution in [3.8, 4) is 0 Å². The van der Waals surface area contributed by atoms with E-state index in [-0.39, 0.29) is 30.2 Å². The summed E-state index contributed by atoms with van der Waals surface area (Å²) < 4.78 is 13.0. The Balaban J connectivity index is 1.49. The van der Waals surface area contributed by atoms with Gasteiger partial charge in [-0.15, -0.1) is 0 Å². The maximum absolute atomic E-state index is 13.1. The van der Waals surface area contributed by atoms with E-state index in [1.807, 2.05) is 6.92 Å². The molecule has 3 heterocycles. The zero-order chi connectivity index (χ0) is 23.4. The Labute approximate surface area is 191 Å². The summed E-state index contributed by atoms with van der Waals surface area (Å²) in [6.07, 6.45) is 7.15. The number of amides is 2. The molecule has 0 bridgehead atoms. The molecule has 1 fully saturated rings. The predicted molar refractivity (Wildman–Crippen MR) is 119 cm³/mol. The van der Waals surface area contributed by atoms with Gasteiger partial charge in [-0.2, -0.15) is 0 Å². The normalized spacial score (nSPS) is 15.8. The minimum Gasteiger partial charge on any atom is -0.348 e. The van der Waals surface area contributed by atoms with Gasteiger partial charge in [0, 0.05) is 25.5 Å². The molecule has 1 atom stereocenters. The van der Waals surface area contributed by atoms with Crippen molar-refractivity contribution in [1.82, 2.24) is 30.2 Å². The van der Waals surface area contributed by atoms with E-state index in [1.165, 1.54) is 24.5 Å². The number of carbonyl (C=O) groups excluding carboxylic acids is 2. The number of carbonyl (C=O) groups is 2. The van der Waals surface area contributed by atoms with Gasteiger partial charge in [0.2, 0.25) is 0 Å². The molecule has 1 saturated heterocycles. The molecule has 4 rings (SSSR count). The fourth-order valence-electron chi connectivity index (χ4n) is 3.84. The predicted octanol–water partition coefficient (Wildman–Crippen LogP) is 3.32. The number of likely N-dealkylation sites (tertiary alicyclic amines) is 1. The number of aromatic nitrogens is 4. The lowest BCUT2D eigenvalue weighted by Gasteiger charge is -2.34. The smallest absolute Gasteiger partial charge is 0.274 e. The molecule has 0 saturated carbocycles. The molecule has 8 nitrogen and oxygen atoms in total. The third-order valence-electron chi connectivity index (χ3n) is 5.67. The summed E-state index contributed by atoms with van der Waals surface area (Å²) in [5.74, 6) is -0.324. The van der Waals surface area contributed by atoms with Crippen LogP contribution in [-0.2, 0) is 6.54 Å². The molecule has 0 spiro atoms. The topological polar surface area (TPSA) is 101 Å². The maximum atomic E-state index is 13.1. The SMILES string of the molecule is Cc1cnc(C(=O)N2CCCC[C@@H]2c2ncc(C(=O)NCc3ccc(F)cc3)c(C)n2)cn1. The van der Waals surface area contributed by atoms with Crippen LogP contribution in [0.3, 0.4) is 0 Å². The molecule has 0 radical (unpaired) electrons. The summed E-state index contributed by atoms with van der Waals surface area (Å²) in [6.45, 7) is 4.42. The van der Waals surface area contributed by atoms with E-state index in [1.54, 1.807) is 30.2 Å². The van der Waals surface area contributed by atoms with Crippen LogP contribution < -0.4 is 5.32 Å². The Bertz CT molecular complexity index is 1150. The lowest BCUT2D eigenvalue weighted by atomic mass is 10.0. The monoisotopic (exact) mass is 448 g/mol. The highest BCUT2D eigenvalue weighted by molar-refractivity contribution is 5.95. The van der Waals surface area contributed by atoms with E-state index < -0.39 is 0 Å².